The number of rotatable bonds is 7. The van der Waals surface area contributed by atoms with E-state index < -0.39 is 0 Å². The van der Waals surface area contributed by atoms with Crippen molar-refractivity contribution < 1.29 is 40.7 Å². The van der Waals surface area contributed by atoms with E-state index in [0.717, 1.165) is 27.6 Å². The summed E-state index contributed by atoms with van der Waals surface area (Å²) in [6.45, 7) is 11.4. The molecule has 6 nitrogen and oxygen atoms in total. The Hall–Kier alpha value is -3.24. The number of carbonyl (C=O) groups is 2. The molecule has 4 rings (SSSR count). The second-order valence-electron chi connectivity index (χ2n) is 8.55. The van der Waals surface area contributed by atoms with Crippen LogP contribution in [-0.2, 0) is 0 Å². The molecule has 1 heterocycles. The summed E-state index contributed by atoms with van der Waals surface area (Å²) in [6.07, 6.45) is 2.56. The number of nitrogens with one attached hydrogen (secondary N) is 2. The van der Waals surface area contributed by atoms with Crippen LogP contribution >= 0.6 is 11.6 Å². The molecule has 0 saturated heterocycles. The quantitative estimate of drug-likeness (QED) is 0.169. The summed E-state index contributed by atoms with van der Waals surface area (Å²) in [5.74, 6) is -0.596. The maximum Gasteiger partial charge on any atom is 2.00 e. The molecule has 0 atom stereocenters. The van der Waals surface area contributed by atoms with Crippen LogP contribution in [0.1, 0.15) is 38.8 Å². The van der Waals surface area contributed by atoms with E-state index in [0.29, 0.717) is 27.5 Å². The van der Waals surface area contributed by atoms with Crippen molar-refractivity contribution in [3.63, 3.8) is 0 Å². The number of nitrogens with zero attached hydrogens (tertiary/aromatic N) is 2. The van der Waals surface area contributed by atoms with Crippen molar-refractivity contribution in [2.75, 3.05) is 11.9 Å². The van der Waals surface area contributed by atoms with Crippen molar-refractivity contribution in [3.8, 4) is 11.3 Å². The summed E-state index contributed by atoms with van der Waals surface area (Å²) < 4.78 is 0. The number of carbonyl (C=O) groups excluding carboxylic acids is 2. The molecule has 0 saturated carbocycles. The molecule has 38 heavy (non-hydrogen) atoms. The predicted molar refractivity (Wildman–Crippen MR) is 149 cm³/mol. The van der Waals surface area contributed by atoms with Crippen molar-refractivity contribution in [1.82, 2.24) is 10.3 Å². The van der Waals surface area contributed by atoms with Crippen LogP contribution in [0.5, 0.6) is 0 Å². The number of amides is 2. The minimum absolute atomic E-state index is 0. The van der Waals surface area contributed by atoms with Gasteiger partial charge in [0.05, 0.1) is 16.8 Å². The first-order valence-electron chi connectivity index (χ1n) is 11.6. The Morgan fingerprint density at radius 2 is 1.74 bits per heavy atom. The van der Waals surface area contributed by atoms with E-state index in [-0.39, 0.29) is 55.2 Å². The van der Waals surface area contributed by atoms with Crippen molar-refractivity contribution in [1.29, 1.82) is 0 Å². The van der Waals surface area contributed by atoms with Crippen LogP contribution in [0, 0.1) is 51.5 Å². The molecule has 2 amide bonds. The Labute approximate surface area is 251 Å². The minimum Gasteiger partial charge on any atom is -0.596 e. The third-order valence-corrected chi connectivity index (χ3v) is 6.06. The van der Waals surface area contributed by atoms with E-state index in [2.05, 4.69) is 21.8 Å². The second kappa shape index (κ2) is 13.0. The van der Waals surface area contributed by atoms with Gasteiger partial charge < -0.3 is 22.2 Å². The maximum atomic E-state index is 13.5. The SMILES string of the molecule is [CH-]=C(CNC(=O)c1ccc(NC(=O)c2cc(-c3ccccc3Cl)nc3c(C)cc(C)cc23)cc1)N=[C-]C.[U+2]. The zero-order chi connectivity index (χ0) is 26.5. The van der Waals surface area contributed by atoms with E-state index in [1.54, 1.807) is 43.3 Å². The fraction of sp³-hybridized carbons (Fsp3) is 0.133. The molecule has 1 aromatic heterocycles. The van der Waals surface area contributed by atoms with Gasteiger partial charge in [-0.2, -0.15) is 6.21 Å². The Kier molecular flexibility index (Phi) is 10.0. The van der Waals surface area contributed by atoms with Crippen LogP contribution in [0.15, 0.2) is 77.4 Å². The number of aromatic nitrogens is 1. The standard InChI is InChI=1S/C30H25ClN4O2.U/c1-5-32-20(4)17-33-29(36)21-10-12-22(13-11-21)34-30(37)25-16-27(23-8-6-7-9-26(23)31)35-28-19(3)14-18(2)15-24(25)28;/h4,6-16H,17H2,1-3H3,(H,33,36)(H,34,37);/q-2;+2. The largest absolute Gasteiger partial charge is 2.00 e. The number of hydrogen-bond acceptors (Lipinski definition) is 4. The molecule has 3 aromatic carbocycles. The number of halogens is 1. The average Bonchev–Trinajstić information content (AvgIpc) is 2.87. The first-order chi connectivity index (χ1) is 17.8. The number of benzene rings is 3. The Morgan fingerprint density at radius 3 is 2.42 bits per heavy atom. The van der Waals surface area contributed by atoms with Crippen LogP contribution in [0.2, 0.25) is 5.02 Å². The van der Waals surface area contributed by atoms with Crippen molar-refractivity contribution in [3.05, 3.63) is 106 Å². The van der Waals surface area contributed by atoms with Crippen LogP contribution in [-0.4, -0.2) is 29.6 Å². The Bertz CT molecular complexity index is 1550. The van der Waals surface area contributed by atoms with Gasteiger partial charge in [0.2, 0.25) is 5.91 Å². The van der Waals surface area contributed by atoms with Gasteiger partial charge >= 0.3 is 31.1 Å². The number of hydrogen-bond donors (Lipinski definition) is 2. The molecule has 4 aromatic rings. The predicted octanol–water partition coefficient (Wildman–Crippen LogP) is 6.44. The van der Waals surface area contributed by atoms with E-state index in [9.17, 15) is 9.59 Å². The number of pyridine rings is 1. The zero-order valence-corrected chi connectivity index (χ0v) is 26.1. The minimum atomic E-state index is -0.303. The normalized spacial score (nSPS) is 10.7. The van der Waals surface area contributed by atoms with Crippen LogP contribution in [0.4, 0.5) is 5.69 Å². The topological polar surface area (TPSA) is 83.5 Å². The van der Waals surface area contributed by atoms with Gasteiger partial charge in [0.1, 0.15) is 0 Å². The molecular weight excluding hydrogens is 722 g/mol. The van der Waals surface area contributed by atoms with Gasteiger partial charge in [-0.05, 0) is 68.4 Å². The monoisotopic (exact) mass is 746 g/mol. The zero-order valence-electron chi connectivity index (χ0n) is 21.2. The van der Waals surface area contributed by atoms with Gasteiger partial charge in [-0.15, -0.1) is 6.92 Å². The molecule has 2 N–H and O–H groups in total. The second-order valence-corrected chi connectivity index (χ2v) is 8.96. The van der Waals surface area contributed by atoms with Gasteiger partial charge in [0.15, 0.2) is 0 Å². The van der Waals surface area contributed by atoms with Crippen LogP contribution in [0.25, 0.3) is 22.2 Å². The number of anilines is 1. The van der Waals surface area contributed by atoms with Crippen molar-refractivity contribution in [2.45, 2.75) is 20.8 Å². The summed E-state index contributed by atoms with van der Waals surface area (Å²) in [4.78, 5) is 34.5. The van der Waals surface area contributed by atoms with Crippen molar-refractivity contribution >= 4 is 46.2 Å². The first-order valence-corrected chi connectivity index (χ1v) is 12.0. The summed E-state index contributed by atoms with van der Waals surface area (Å²) in [5, 5.41) is 6.93. The molecule has 0 aliphatic carbocycles. The first kappa shape index (κ1) is 29.3. The maximum absolute atomic E-state index is 13.5. The average molecular weight is 747 g/mol. The van der Waals surface area contributed by atoms with E-state index >= 15 is 0 Å². The molecule has 0 aliphatic heterocycles. The third-order valence-electron chi connectivity index (χ3n) is 5.73. The fourth-order valence-electron chi connectivity index (χ4n) is 4.04. The molecule has 8 heteroatoms. The fourth-order valence-corrected chi connectivity index (χ4v) is 4.27. The molecule has 0 spiro atoms. The van der Waals surface area contributed by atoms with Gasteiger partial charge in [-0.3, -0.25) is 15.3 Å². The molecule has 188 valence electrons. The summed E-state index contributed by atoms with van der Waals surface area (Å²) >= 11 is 6.44. The van der Waals surface area contributed by atoms with Gasteiger partial charge in [0, 0.05) is 27.2 Å². The van der Waals surface area contributed by atoms with Gasteiger partial charge in [0.25, 0.3) is 5.91 Å². The molecule has 0 unspecified atom stereocenters. The number of aryl methyl sites for hydroxylation is 2. The summed E-state index contributed by atoms with van der Waals surface area (Å²) in [7, 11) is 0. The van der Waals surface area contributed by atoms with Gasteiger partial charge in [-0.1, -0.05) is 41.4 Å². The molecule has 0 aliphatic rings. The summed E-state index contributed by atoms with van der Waals surface area (Å²) in [6, 6.07) is 19.8. The van der Waals surface area contributed by atoms with E-state index in [1.807, 2.05) is 44.2 Å². The third kappa shape index (κ3) is 6.79. The molecule has 0 fully saturated rings. The van der Waals surface area contributed by atoms with Crippen LogP contribution < -0.4 is 10.6 Å². The molecular formula is C30H25ClN4O2U. The van der Waals surface area contributed by atoms with E-state index in [1.165, 1.54) is 0 Å². The molecule has 0 bridgehead atoms. The van der Waals surface area contributed by atoms with E-state index in [4.69, 9.17) is 23.2 Å². The number of fused-ring (bicyclic) bond motifs is 1. The smallest absolute Gasteiger partial charge is 0.596 e. The molecule has 0 radical (unpaired) electrons. The Balaban J connectivity index is 0.00000400. The number of aliphatic imine (C=N–C) groups is 1. The Morgan fingerprint density at radius 1 is 1.03 bits per heavy atom. The van der Waals surface area contributed by atoms with Gasteiger partial charge in [-0.25, -0.2) is 4.98 Å². The van der Waals surface area contributed by atoms with Crippen molar-refractivity contribution in [2.24, 2.45) is 4.99 Å². The van der Waals surface area contributed by atoms with Crippen LogP contribution in [0.3, 0.4) is 0 Å². The summed E-state index contributed by atoms with van der Waals surface area (Å²) in [5.41, 5.74) is 5.80.